The number of fused-ring (bicyclic) bond motifs is 4. The fourth-order valence-electron chi connectivity index (χ4n) is 2.73. The molecule has 0 fully saturated rings. The van der Waals surface area contributed by atoms with Crippen molar-refractivity contribution in [1.29, 1.82) is 0 Å². The van der Waals surface area contributed by atoms with Gasteiger partial charge in [-0.3, -0.25) is 0 Å². The minimum atomic E-state index is 1.13. The van der Waals surface area contributed by atoms with Crippen molar-refractivity contribution in [1.82, 2.24) is 0 Å². The molecule has 0 spiro atoms. The molecule has 1 heteroatoms. The lowest BCUT2D eigenvalue weighted by atomic mass is 9.98. The lowest BCUT2D eigenvalue weighted by Crippen LogP contribution is -1.79. The SMILES string of the molecule is Brc1ccc2c(ccc3cc4ccccc4cc32)c1. The van der Waals surface area contributed by atoms with Crippen molar-refractivity contribution < 1.29 is 0 Å². The van der Waals surface area contributed by atoms with Gasteiger partial charge in [0.1, 0.15) is 0 Å². The molecule has 19 heavy (non-hydrogen) atoms. The highest BCUT2D eigenvalue weighted by Gasteiger charge is 2.03. The number of halogens is 1. The highest BCUT2D eigenvalue weighted by Crippen LogP contribution is 2.30. The Morgan fingerprint density at radius 3 is 2.00 bits per heavy atom. The highest BCUT2D eigenvalue weighted by atomic mass is 79.9. The molecule has 0 heterocycles. The quantitative estimate of drug-likeness (QED) is 0.280. The summed E-state index contributed by atoms with van der Waals surface area (Å²) in [5, 5.41) is 7.80. The second-order valence-corrected chi connectivity index (χ2v) is 5.77. The Morgan fingerprint density at radius 1 is 0.526 bits per heavy atom. The van der Waals surface area contributed by atoms with Crippen LogP contribution in [0.25, 0.3) is 32.3 Å². The van der Waals surface area contributed by atoms with Crippen LogP contribution in [0.4, 0.5) is 0 Å². The Bertz CT molecular complexity index is 922. The van der Waals surface area contributed by atoms with Gasteiger partial charge in [0.2, 0.25) is 0 Å². The first-order chi connectivity index (χ1) is 9.31. The average Bonchev–Trinajstić information content (AvgIpc) is 2.44. The summed E-state index contributed by atoms with van der Waals surface area (Å²) in [6.45, 7) is 0. The molecule has 4 aromatic rings. The molecule has 0 bridgehead atoms. The van der Waals surface area contributed by atoms with Crippen molar-refractivity contribution in [2.75, 3.05) is 0 Å². The molecule has 0 N–H and O–H groups in total. The maximum Gasteiger partial charge on any atom is 0.0181 e. The van der Waals surface area contributed by atoms with Gasteiger partial charge in [-0.05, 0) is 56.6 Å². The van der Waals surface area contributed by atoms with E-state index in [9.17, 15) is 0 Å². The van der Waals surface area contributed by atoms with Crippen LogP contribution in [-0.4, -0.2) is 0 Å². The molecule has 0 saturated heterocycles. The van der Waals surface area contributed by atoms with Crippen molar-refractivity contribution >= 4 is 48.2 Å². The van der Waals surface area contributed by atoms with E-state index in [4.69, 9.17) is 0 Å². The lowest BCUT2D eigenvalue weighted by Gasteiger charge is -2.06. The van der Waals surface area contributed by atoms with E-state index in [1.807, 2.05) is 0 Å². The van der Waals surface area contributed by atoms with Gasteiger partial charge in [0.05, 0.1) is 0 Å². The van der Waals surface area contributed by atoms with E-state index in [0.717, 1.165) is 4.47 Å². The fraction of sp³-hybridized carbons (Fsp3) is 0. The van der Waals surface area contributed by atoms with E-state index < -0.39 is 0 Å². The summed E-state index contributed by atoms with van der Waals surface area (Å²) in [5.74, 6) is 0. The number of hydrogen-bond acceptors (Lipinski definition) is 0. The van der Waals surface area contributed by atoms with E-state index in [1.165, 1.54) is 32.3 Å². The van der Waals surface area contributed by atoms with Gasteiger partial charge in [-0.2, -0.15) is 0 Å². The molecular weight excluding hydrogens is 296 g/mol. The van der Waals surface area contributed by atoms with Crippen LogP contribution in [0, 0.1) is 0 Å². The van der Waals surface area contributed by atoms with Gasteiger partial charge < -0.3 is 0 Å². The summed E-state index contributed by atoms with van der Waals surface area (Å²) < 4.78 is 1.13. The maximum absolute atomic E-state index is 3.54. The van der Waals surface area contributed by atoms with Crippen molar-refractivity contribution in [3.8, 4) is 0 Å². The zero-order valence-electron chi connectivity index (χ0n) is 10.2. The Labute approximate surface area is 119 Å². The van der Waals surface area contributed by atoms with Gasteiger partial charge in [-0.1, -0.05) is 58.4 Å². The normalized spacial score (nSPS) is 11.4. The molecule has 90 valence electrons. The molecule has 0 aliphatic rings. The van der Waals surface area contributed by atoms with Crippen molar-refractivity contribution in [3.05, 3.63) is 71.2 Å². The maximum atomic E-state index is 3.54. The molecular formula is C18H11Br. The molecule has 0 aliphatic heterocycles. The molecule has 4 rings (SSSR count). The monoisotopic (exact) mass is 306 g/mol. The zero-order chi connectivity index (χ0) is 12.8. The molecule has 0 aliphatic carbocycles. The number of rotatable bonds is 0. The minimum absolute atomic E-state index is 1.13. The number of benzene rings is 4. The Hall–Kier alpha value is -1.86. The third-order valence-corrected chi connectivity index (χ3v) is 4.16. The first-order valence-electron chi connectivity index (χ1n) is 6.32. The molecule has 0 radical (unpaired) electrons. The van der Waals surface area contributed by atoms with E-state index >= 15 is 0 Å². The lowest BCUT2D eigenvalue weighted by molar-refractivity contribution is 1.73. The van der Waals surface area contributed by atoms with Crippen LogP contribution in [0.1, 0.15) is 0 Å². The van der Waals surface area contributed by atoms with Crippen molar-refractivity contribution in [2.45, 2.75) is 0 Å². The summed E-state index contributed by atoms with van der Waals surface area (Å²) in [7, 11) is 0. The summed E-state index contributed by atoms with van der Waals surface area (Å²) in [4.78, 5) is 0. The van der Waals surface area contributed by atoms with Crippen LogP contribution in [0.2, 0.25) is 0 Å². The van der Waals surface area contributed by atoms with Crippen LogP contribution < -0.4 is 0 Å². The molecule has 0 aromatic heterocycles. The van der Waals surface area contributed by atoms with Gasteiger partial charge in [-0.25, -0.2) is 0 Å². The molecule has 0 amide bonds. The van der Waals surface area contributed by atoms with E-state index in [0.29, 0.717) is 0 Å². The molecule has 4 aromatic carbocycles. The van der Waals surface area contributed by atoms with Crippen molar-refractivity contribution in [3.63, 3.8) is 0 Å². The van der Waals surface area contributed by atoms with Crippen LogP contribution in [-0.2, 0) is 0 Å². The Kier molecular flexibility index (Phi) is 2.36. The van der Waals surface area contributed by atoms with E-state index in [2.05, 4.69) is 82.7 Å². The average molecular weight is 307 g/mol. The zero-order valence-corrected chi connectivity index (χ0v) is 11.8. The third-order valence-electron chi connectivity index (χ3n) is 3.66. The van der Waals surface area contributed by atoms with Gasteiger partial charge in [0.25, 0.3) is 0 Å². The van der Waals surface area contributed by atoms with Gasteiger partial charge in [0, 0.05) is 4.47 Å². The summed E-state index contributed by atoms with van der Waals surface area (Å²) in [5.41, 5.74) is 0. The summed E-state index contributed by atoms with van der Waals surface area (Å²) in [6, 6.07) is 24.0. The third kappa shape index (κ3) is 1.73. The smallest absolute Gasteiger partial charge is 0.0181 e. The van der Waals surface area contributed by atoms with Crippen molar-refractivity contribution in [2.24, 2.45) is 0 Å². The highest BCUT2D eigenvalue weighted by molar-refractivity contribution is 9.10. The second-order valence-electron chi connectivity index (χ2n) is 4.85. The fourth-order valence-corrected chi connectivity index (χ4v) is 3.10. The number of hydrogen-bond donors (Lipinski definition) is 0. The van der Waals surface area contributed by atoms with Gasteiger partial charge >= 0.3 is 0 Å². The predicted molar refractivity (Wildman–Crippen MR) is 86.7 cm³/mol. The van der Waals surface area contributed by atoms with Crippen LogP contribution in [0.15, 0.2) is 71.2 Å². The van der Waals surface area contributed by atoms with Gasteiger partial charge in [-0.15, -0.1) is 0 Å². The first kappa shape index (κ1) is 11.0. The van der Waals surface area contributed by atoms with E-state index in [-0.39, 0.29) is 0 Å². The van der Waals surface area contributed by atoms with Crippen LogP contribution >= 0.6 is 15.9 Å². The Balaban J connectivity index is 2.22. The summed E-state index contributed by atoms with van der Waals surface area (Å²) >= 11 is 3.54. The van der Waals surface area contributed by atoms with Gasteiger partial charge in [0.15, 0.2) is 0 Å². The molecule has 0 atom stereocenters. The standard InChI is InChI=1S/C18H11Br/c19-16-7-8-17-15(10-16)6-5-14-9-12-3-1-2-4-13(12)11-18(14)17/h1-11H. The minimum Gasteiger partial charge on any atom is -0.0616 e. The predicted octanol–water partition coefficient (Wildman–Crippen LogP) is 5.91. The second kappa shape index (κ2) is 4.07. The largest absolute Gasteiger partial charge is 0.0616 e. The molecule has 0 saturated carbocycles. The molecule has 0 unspecified atom stereocenters. The van der Waals surface area contributed by atoms with Crippen LogP contribution in [0.3, 0.4) is 0 Å². The first-order valence-corrected chi connectivity index (χ1v) is 7.11. The van der Waals surface area contributed by atoms with E-state index in [1.54, 1.807) is 0 Å². The van der Waals surface area contributed by atoms with Crippen LogP contribution in [0.5, 0.6) is 0 Å². The summed E-state index contributed by atoms with van der Waals surface area (Å²) in [6.07, 6.45) is 0. The Morgan fingerprint density at radius 2 is 1.21 bits per heavy atom. The topological polar surface area (TPSA) is 0 Å². The molecule has 0 nitrogen and oxygen atoms in total.